The van der Waals surface area contributed by atoms with E-state index in [-0.39, 0.29) is 11.7 Å². The van der Waals surface area contributed by atoms with E-state index >= 15 is 0 Å². The van der Waals surface area contributed by atoms with Crippen LogP contribution in [0.15, 0.2) is 28.8 Å². The zero-order chi connectivity index (χ0) is 17.1. The first-order chi connectivity index (χ1) is 11.6. The zero-order valence-electron chi connectivity index (χ0n) is 13.8. The maximum absolute atomic E-state index is 13.8. The number of hydrogen-bond donors (Lipinski definition) is 0. The Kier molecular flexibility index (Phi) is 4.80. The molecule has 24 heavy (non-hydrogen) atoms. The molecule has 1 aliphatic rings. The van der Waals surface area contributed by atoms with Crippen LogP contribution >= 0.6 is 0 Å². The Balaban J connectivity index is 1.57. The number of carbonyl (C=O) groups excluding carboxylic acids is 1. The first-order valence-corrected chi connectivity index (χ1v) is 7.84. The molecule has 0 unspecified atom stereocenters. The molecule has 1 saturated heterocycles. The molecule has 1 amide bonds. The Morgan fingerprint density at radius 3 is 2.62 bits per heavy atom. The van der Waals surface area contributed by atoms with Gasteiger partial charge in [0.2, 0.25) is 0 Å². The predicted molar refractivity (Wildman–Crippen MR) is 85.4 cm³/mol. The van der Waals surface area contributed by atoms with Crippen LogP contribution in [-0.2, 0) is 6.54 Å². The van der Waals surface area contributed by atoms with E-state index < -0.39 is 5.82 Å². The van der Waals surface area contributed by atoms with Crippen LogP contribution in [0.4, 0.5) is 4.39 Å². The Morgan fingerprint density at radius 2 is 2.04 bits per heavy atom. The normalized spacial score (nSPS) is 15.5. The van der Waals surface area contributed by atoms with E-state index in [4.69, 9.17) is 9.26 Å². The highest BCUT2D eigenvalue weighted by atomic mass is 19.1. The molecular weight excluding hydrogens is 313 g/mol. The molecule has 0 saturated carbocycles. The highest BCUT2D eigenvalue weighted by Crippen LogP contribution is 2.19. The van der Waals surface area contributed by atoms with Crippen molar-refractivity contribution in [2.24, 2.45) is 0 Å². The van der Waals surface area contributed by atoms with E-state index in [9.17, 15) is 9.18 Å². The molecule has 1 fully saturated rings. The number of rotatable bonds is 4. The molecule has 0 bridgehead atoms. The second kappa shape index (κ2) is 7.00. The molecule has 2 heterocycles. The van der Waals surface area contributed by atoms with E-state index in [2.05, 4.69) is 10.1 Å². The first-order valence-electron chi connectivity index (χ1n) is 7.84. The molecule has 0 atom stereocenters. The van der Waals surface area contributed by atoms with Gasteiger partial charge in [0.25, 0.3) is 5.91 Å². The van der Waals surface area contributed by atoms with Crippen molar-refractivity contribution in [2.45, 2.75) is 13.5 Å². The van der Waals surface area contributed by atoms with Crippen LogP contribution < -0.4 is 4.74 Å². The quantitative estimate of drug-likeness (QED) is 0.857. The maximum Gasteiger partial charge on any atom is 0.254 e. The van der Waals surface area contributed by atoms with Crippen molar-refractivity contribution in [3.63, 3.8) is 0 Å². The van der Waals surface area contributed by atoms with E-state index in [1.54, 1.807) is 11.0 Å². The van der Waals surface area contributed by atoms with Gasteiger partial charge in [-0.25, -0.2) is 4.39 Å². The third-order valence-corrected chi connectivity index (χ3v) is 4.11. The lowest BCUT2D eigenvalue weighted by Gasteiger charge is -2.34. The van der Waals surface area contributed by atoms with Gasteiger partial charge in [0.1, 0.15) is 0 Å². The number of ether oxygens (including phenoxy) is 1. The van der Waals surface area contributed by atoms with E-state index in [0.717, 1.165) is 24.5 Å². The lowest BCUT2D eigenvalue weighted by molar-refractivity contribution is 0.0617. The monoisotopic (exact) mass is 333 g/mol. The fourth-order valence-electron chi connectivity index (χ4n) is 2.80. The van der Waals surface area contributed by atoms with Gasteiger partial charge in [0, 0.05) is 37.8 Å². The maximum atomic E-state index is 13.8. The summed E-state index contributed by atoms with van der Waals surface area (Å²) in [5.74, 6) is 0.276. The summed E-state index contributed by atoms with van der Waals surface area (Å²) >= 11 is 0. The van der Waals surface area contributed by atoms with Gasteiger partial charge in [-0.05, 0) is 25.1 Å². The van der Waals surface area contributed by atoms with Gasteiger partial charge < -0.3 is 14.2 Å². The number of hydrogen-bond acceptors (Lipinski definition) is 5. The minimum absolute atomic E-state index is 0.138. The molecule has 0 aliphatic carbocycles. The van der Waals surface area contributed by atoms with Crippen LogP contribution in [0.25, 0.3) is 0 Å². The summed E-state index contributed by atoms with van der Waals surface area (Å²) in [6.45, 7) is 5.24. The number of halogens is 1. The molecule has 1 aliphatic heterocycles. The second-order valence-corrected chi connectivity index (χ2v) is 5.85. The van der Waals surface area contributed by atoms with Crippen molar-refractivity contribution in [2.75, 3.05) is 33.3 Å². The summed E-state index contributed by atoms with van der Waals surface area (Å²) in [4.78, 5) is 16.4. The summed E-state index contributed by atoms with van der Waals surface area (Å²) < 4.78 is 23.9. The lowest BCUT2D eigenvalue weighted by Crippen LogP contribution is -2.48. The second-order valence-electron chi connectivity index (χ2n) is 5.85. The summed E-state index contributed by atoms with van der Waals surface area (Å²) in [5, 5.41) is 3.88. The number of piperazine rings is 1. The highest BCUT2D eigenvalue weighted by molar-refractivity contribution is 5.94. The molecule has 1 aromatic heterocycles. The summed E-state index contributed by atoms with van der Waals surface area (Å²) in [6, 6.07) is 6.21. The van der Waals surface area contributed by atoms with Crippen LogP contribution in [0.5, 0.6) is 5.75 Å². The Morgan fingerprint density at radius 1 is 1.29 bits per heavy atom. The van der Waals surface area contributed by atoms with E-state index in [1.807, 2.05) is 13.0 Å². The van der Waals surface area contributed by atoms with E-state index in [1.165, 1.54) is 19.2 Å². The van der Waals surface area contributed by atoms with Gasteiger partial charge in [0.05, 0.1) is 19.3 Å². The Hall–Kier alpha value is -2.41. The number of methoxy groups -OCH3 is 1. The number of carbonyl (C=O) groups is 1. The van der Waals surface area contributed by atoms with Gasteiger partial charge in [0.15, 0.2) is 17.3 Å². The number of aromatic nitrogens is 1. The minimum Gasteiger partial charge on any atom is -0.494 e. The number of nitrogens with zero attached hydrogens (tertiary/aromatic N) is 3. The third-order valence-electron chi connectivity index (χ3n) is 4.11. The fourth-order valence-corrected chi connectivity index (χ4v) is 2.80. The number of amides is 1. The minimum atomic E-state index is -0.525. The average Bonchev–Trinajstić information content (AvgIpc) is 2.99. The number of aryl methyl sites for hydroxylation is 1. The van der Waals surface area contributed by atoms with Gasteiger partial charge >= 0.3 is 0 Å². The lowest BCUT2D eigenvalue weighted by atomic mass is 10.1. The molecule has 6 nitrogen and oxygen atoms in total. The SMILES string of the molecule is COc1ccc(C(=O)N2CCN(Cc3cc(C)no3)CC2)cc1F. The summed E-state index contributed by atoms with van der Waals surface area (Å²) in [7, 11) is 1.40. The third kappa shape index (κ3) is 3.56. The van der Waals surface area contributed by atoms with Crippen molar-refractivity contribution in [1.82, 2.24) is 15.0 Å². The predicted octanol–water partition coefficient (Wildman–Crippen LogP) is 2.09. The van der Waals surface area contributed by atoms with Crippen LogP contribution in [0.3, 0.4) is 0 Å². The molecule has 2 aromatic rings. The summed E-state index contributed by atoms with van der Waals surface area (Å²) in [6.07, 6.45) is 0. The average molecular weight is 333 g/mol. The largest absolute Gasteiger partial charge is 0.494 e. The van der Waals surface area contributed by atoms with Crippen LogP contribution in [-0.4, -0.2) is 54.2 Å². The van der Waals surface area contributed by atoms with Crippen molar-refractivity contribution >= 4 is 5.91 Å². The fraction of sp³-hybridized carbons (Fsp3) is 0.412. The van der Waals surface area contributed by atoms with Crippen molar-refractivity contribution in [1.29, 1.82) is 0 Å². The topological polar surface area (TPSA) is 58.8 Å². The first kappa shape index (κ1) is 16.4. The molecule has 0 spiro atoms. The molecule has 1 aromatic carbocycles. The van der Waals surface area contributed by atoms with Crippen LogP contribution in [0, 0.1) is 12.7 Å². The Labute approximate surface area is 139 Å². The molecule has 128 valence electrons. The van der Waals surface area contributed by atoms with Crippen molar-refractivity contribution in [3.05, 3.63) is 47.1 Å². The Bertz CT molecular complexity index is 724. The smallest absolute Gasteiger partial charge is 0.254 e. The van der Waals surface area contributed by atoms with Gasteiger partial charge in [-0.3, -0.25) is 9.69 Å². The van der Waals surface area contributed by atoms with Crippen LogP contribution in [0.2, 0.25) is 0 Å². The molecule has 3 rings (SSSR count). The molecular formula is C17H20FN3O3. The molecule has 0 radical (unpaired) electrons. The van der Waals surface area contributed by atoms with Crippen molar-refractivity contribution < 1.29 is 18.4 Å². The number of benzene rings is 1. The molecule has 0 N–H and O–H groups in total. The van der Waals surface area contributed by atoms with Crippen LogP contribution in [0.1, 0.15) is 21.8 Å². The summed E-state index contributed by atoms with van der Waals surface area (Å²) in [5.41, 5.74) is 1.20. The van der Waals surface area contributed by atoms with Gasteiger partial charge in [-0.1, -0.05) is 5.16 Å². The van der Waals surface area contributed by atoms with E-state index in [0.29, 0.717) is 25.2 Å². The highest BCUT2D eigenvalue weighted by Gasteiger charge is 2.23. The standard InChI is InChI=1S/C17H20FN3O3/c1-12-9-14(24-19-12)11-20-5-7-21(8-6-20)17(22)13-3-4-16(23-2)15(18)10-13/h3-4,9-10H,5-8,11H2,1-2H3. The van der Waals surface area contributed by atoms with Crippen molar-refractivity contribution in [3.8, 4) is 5.75 Å². The van der Waals surface area contributed by atoms with Gasteiger partial charge in [-0.2, -0.15) is 0 Å². The molecule has 7 heteroatoms. The zero-order valence-corrected chi connectivity index (χ0v) is 13.8. The van der Waals surface area contributed by atoms with Gasteiger partial charge in [-0.15, -0.1) is 0 Å².